The highest BCUT2D eigenvalue weighted by Gasteiger charge is 2.23. The second-order valence-electron chi connectivity index (χ2n) is 6.36. The maximum atomic E-state index is 6.35. The molecule has 130 valence electrons. The molecule has 24 heavy (non-hydrogen) atoms. The monoisotopic (exact) mass is 347 g/mol. The van der Waals surface area contributed by atoms with E-state index in [1.807, 2.05) is 36.0 Å². The Hall–Kier alpha value is -2.01. The highest BCUT2D eigenvalue weighted by molar-refractivity contribution is 6.31. The Bertz CT molecular complexity index is 690. The van der Waals surface area contributed by atoms with E-state index in [1.54, 1.807) is 6.20 Å². The van der Waals surface area contributed by atoms with E-state index in [0.29, 0.717) is 6.54 Å². The van der Waals surface area contributed by atoms with E-state index >= 15 is 0 Å². The SMILES string of the molecule is CCNC(=NCc1ccnn1C)NCC(C)(C)c1ccccc1Cl. The Morgan fingerprint density at radius 3 is 2.62 bits per heavy atom. The van der Waals surface area contributed by atoms with Crippen molar-refractivity contribution in [3.8, 4) is 0 Å². The van der Waals surface area contributed by atoms with Gasteiger partial charge in [-0.1, -0.05) is 43.6 Å². The van der Waals surface area contributed by atoms with Crippen molar-refractivity contribution >= 4 is 17.6 Å². The summed E-state index contributed by atoms with van der Waals surface area (Å²) < 4.78 is 1.83. The number of benzene rings is 1. The molecule has 0 aliphatic heterocycles. The second-order valence-corrected chi connectivity index (χ2v) is 6.77. The van der Waals surface area contributed by atoms with Crippen LogP contribution < -0.4 is 10.6 Å². The Balaban J connectivity index is 2.05. The lowest BCUT2D eigenvalue weighted by Crippen LogP contribution is -2.43. The predicted molar refractivity (Wildman–Crippen MR) is 101 cm³/mol. The van der Waals surface area contributed by atoms with Crippen LogP contribution in [0.25, 0.3) is 0 Å². The van der Waals surface area contributed by atoms with Crippen molar-refractivity contribution in [3.63, 3.8) is 0 Å². The number of aromatic nitrogens is 2. The van der Waals surface area contributed by atoms with E-state index in [2.05, 4.69) is 47.6 Å². The number of rotatable bonds is 6. The minimum atomic E-state index is -0.110. The van der Waals surface area contributed by atoms with Crippen LogP contribution in [0.4, 0.5) is 0 Å². The summed E-state index contributed by atoms with van der Waals surface area (Å²) in [6, 6.07) is 9.95. The van der Waals surface area contributed by atoms with Gasteiger partial charge >= 0.3 is 0 Å². The topological polar surface area (TPSA) is 54.2 Å². The van der Waals surface area contributed by atoms with E-state index in [4.69, 9.17) is 11.6 Å². The maximum Gasteiger partial charge on any atom is 0.191 e. The van der Waals surface area contributed by atoms with E-state index < -0.39 is 0 Å². The first-order chi connectivity index (χ1) is 11.4. The van der Waals surface area contributed by atoms with Gasteiger partial charge in [-0.2, -0.15) is 5.10 Å². The zero-order valence-corrected chi connectivity index (χ0v) is 15.6. The van der Waals surface area contributed by atoms with E-state index in [9.17, 15) is 0 Å². The first-order valence-electron chi connectivity index (χ1n) is 8.18. The minimum Gasteiger partial charge on any atom is -0.357 e. The highest BCUT2D eigenvalue weighted by Crippen LogP contribution is 2.28. The molecule has 6 heteroatoms. The van der Waals surface area contributed by atoms with Gasteiger partial charge in [0.05, 0.1) is 12.2 Å². The van der Waals surface area contributed by atoms with Crippen LogP contribution in [-0.2, 0) is 19.0 Å². The quantitative estimate of drug-likeness (QED) is 0.623. The molecule has 0 saturated heterocycles. The van der Waals surface area contributed by atoms with Crippen LogP contribution in [0, 0.1) is 0 Å². The van der Waals surface area contributed by atoms with Crippen LogP contribution in [-0.4, -0.2) is 28.8 Å². The number of aryl methyl sites for hydroxylation is 1. The number of guanidine groups is 1. The van der Waals surface area contributed by atoms with Gasteiger partial charge in [-0.15, -0.1) is 0 Å². The van der Waals surface area contributed by atoms with Crippen molar-refractivity contribution in [3.05, 3.63) is 52.8 Å². The zero-order valence-electron chi connectivity index (χ0n) is 14.8. The molecular formula is C18H26ClN5. The van der Waals surface area contributed by atoms with Crippen molar-refractivity contribution in [2.75, 3.05) is 13.1 Å². The Kier molecular flexibility index (Phi) is 6.26. The molecule has 0 aliphatic carbocycles. The molecule has 5 nitrogen and oxygen atoms in total. The third kappa shape index (κ3) is 4.74. The number of halogens is 1. The van der Waals surface area contributed by atoms with Crippen LogP contribution in [0.15, 0.2) is 41.5 Å². The molecule has 1 aromatic carbocycles. The molecule has 1 heterocycles. The van der Waals surface area contributed by atoms with Crippen LogP contribution in [0.5, 0.6) is 0 Å². The lowest BCUT2D eigenvalue weighted by atomic mass is 9.84. The van der Waals surface area contributed by atoms with Gasteiger partial charge in [-0.05, 0) is 24.6 Å². The largest absolute Gasteiger partial charge is 0.357 e. The summed E-state index contributed by atoms with van der Waals surface area (Å²) in [5.41, 5.74) is 2.08. The van der Waals surface area contributed by atoms with Crippen molar-refractivity contribution in [1.82, 2.24) is 20.4 Å². The van der Waals surface area contributed by atoms with Gasteiger partial charge in [-0.3, -0.25) is 4.68 Å². The van der Waals surface area contributed by atoms with Crippen molar-refractivity contribution in [2.45, 2.75) is 32.7 Å². The molecule has 0 unspecified atom stereocenters. The van der Waals surface area contributed by atoms with Crippen LogP contribution in [0.1, 0.15) is 32.0 Å². The molecule has 2 rings (SSSR count). The van der Waals surface area contributed by atoms with Gasteiger partial charge in [0.15, 0.2) is 5.96 Å². The summed E-state index contributed by atoms with van der Waals surface area (Å²) in [4.78, 5) is 4.64. The third-order valence-electron chi connectivity index (χ3n) is 3.97. The molecule has 1 aromatic heterocycles. The molecule has 0 saturated carbocycles. The third-order valence-corrected chi connectivity index (χ3v) is 4.30. The van der Waals surface area contributed by atoms with E-state index in [1.165, 1.54) is 0 Å². The molecule has 0 spiro atoms. The second kappa shape index (κ2) is 8.20. The molecule has 0 atom stereocenters. The fourth-order valence-electron chi connectivity index (χ4n) is 2.47. The van der Waals surface area contributed by atoms with Crippen molar-refractivity contribution in [1.29, 1.82) is 0 Å². The Labute approximate surface area is 149 Å². The van der Waals surface area contributed by atoms with Crippen LogP contribution in [0.2, 0.25) is 5.02 Å². The van der Waals surface area contributed by atoms with Crippen LogP contribution >= 0.6 is 11.6 Å². The van der Waals surface area contributed by atoms with E-state index in [-0.39, 0.29) is 5.41 Å². The van der Waals surface area contributed by atoms with Gasteiger partial charge in [0, 0.05) is 36.8 Å². The average molecular weight is 348 g/mol. The molecule has 2 aromatic rings. The minimum absolute atomic E-state index is 0.110. The zero-order chi connectivity index (χ0) is 17.6. The first-order valence-corrected chi connectivity index (χ1v) is 8.56. The first kappa shape index (κ1) is 18.3. The van der Waals surface area contributed by atoms with Gasteiger partial charge in [0.2, 0.25) is 0 Å². The van der Waals surface area contributed by atoms with Gasteiger partial charge in [0.1, 0.15) is 0 Å². The summed E-state index contributed by atoms with van der Waals surface area (Å²) in [5, 5.41) is 11.7. The van der Waals surface area contributed by atoms with Gasteiger partial charge in [0.25, 0.3) is 0 Å². The lowest BCUT2D eigenvalue weighted by molar-refractivity contribution is 0.508. The normalized spacial score (nSPS) is 12.3. The summed E-state index contributed by atoms with van der Waals surface area (Å²) in [7, 11) is 1.92. The molecule has 0 amide bonds. The number of hydrogen-bond donors (Lipinski definition) is 2. The molecule has 0 radical (unpaired) electrons. The Morgan fingerprint density at radius 2 is 2.00 bits per heavy atom. The summed E-state index contributed by atoms with van der Waals surface area (Å²) in [5.74, 6) is 0.791. The van der Waals surface area contributed by atoms with Crippen molar-refractivity contribution < 1.29 is 0 Å². The molecule has 0 aliphatic rings. The standard InChI is InChI=1S/C18H26ClN5/c1-5-20-17(21-12-14-10-11-23-24(14)4)22-13-18(2,3)15-8-6-7-9-16(15)19/h6-11H,5,12-13H2,1-4H3,(H2,20,21,22). The molecule has 0 bridgehead atoms. The molecule has 0 fully saturated rings. The predicted octanol–water partition coefficient (Wildman–Crippen LogP) is 3.11. The fourth-order valence-corrected chi connectivity index (χ4v) is 2.86. The van der Waals surface area contributed by atoms with Crippen LogP contribution in [0.3, 0.4) is 0 Å². The Morgan fingerprint density at radius 1 is 1.25 bits per heavy atom. The van der Waals surface area contributed by atoms with Gasteiger partial charge in [-0.25, -0.2) is 4.99 Å². The smallest absolute Gasteiger partial charge is 0.191 e. The number of hydrogen-bond acceptors (Lipinski definition) is 2. The van der Waals surface area contributed by atoms with E-state index in [0.717, 1.165) is 35.3 Å². The average Bonchev–Trinajstić information content (AvgIpc) is 2.95. The highest BCUT2D eigenvalue weighted by atomic mass is 35.5. The summed E-state index contributed by atoms with van der Waals surface area (Å²) in [6.45, 7) is 8.52. The summed E-state index contributed by atoms with van der Waals surface area (Å²) >= 11 is 6.35. The number of aliphatic imine (C=N–C) groups is 1. The number of nitrogens with zero attached hydrogens (tertiary/aromatic N) is 3. The fraction of sp³-hybridized carbons (Fsp3) is 0.444. The van der Waals surface area contributed by atoms with Crippen molar-refractivity contribution in [2.24, 2.45) is 12.0 Å². The maximum absolute atomic E-state index is 6.35. The lowest BCUT2D eigenvalue weighted by Gasteiger charge is -2.27. The number of nitrogens with one attached hydrogen (secondary N) is 2. The molecule has 2 N–H and O–H groups in total. The molecular weight excluding hydrogens is 322 g/mol. The van der Waals surface area contributed by atoms with Gasteiger partial charge < -0.3 is 10.6 Å². The summed E-state index contributed by atoms with van der Waals surface area (Å²) in [6.07, 6.45) is 1.78.